The van der Waals surface area contributed by atoms with Crippen molar-refractivity contribution in [3.63, 3.8) is 0 Å². The van der Waals surface area contributed by atoms with Crippen LogP contribution in [0, 0.1) is 11.7 Å². The summed E-state index contributed by atoms with van der Waals surface area (Å²) < 4.78 is 13.1. The summed E-state index contributed by atoms with van der Waals surface area (Å²) >= 11 is 1.33. The Kier molecular flexibility index (Phi) is 6.60. The number of hydrogen-bond acceptors (Lipinski definition) is 5. The summed E-state index contributed by atoms with van der Waals surface area (Å²) in [4.78, 5) is 27.2. The van der Waals surface area contributed by atoms with Crippen LogP contribution in [0.4, 0.5) is 9.52 Å². The molecule has 4 rings (SSSR count). The van der Waals surface area contributed by atoms with Crippen LogP contribution in [-0.4, -0.2) is 40.0 Å². The first kappa shape index (κ1) is 22.1. The summed E-state index contributed by atoms with van der Waals surface area (Å²) in [5.41, 5.74) is 2.63. The van der Waals surface area contributed by atoms with Gasteiger partial charge in [0, 0.05) is 24.2 Å². The van der Waals surface area contributed by atoms with Gasteiger partial charge in [-0.25, -0.2) is 4.39 Å². The molecule has 8 heteroatoms. The second-order valence-electron chi connectivity index (χ2n) is 8.28. The van der Waals surface area contributed by atoms with E-state index in [1.54, 1.807) is 4.90 Å². The van der Waals surface area contributed by atoms with Crippen molar-refractivity contribution in [2.24, 2.45) is 5.92 Å². The van der Waals surface area contributed by atoms with Crippen LogP contribution in [0.2, 0.25) is 0 Å². The molecule has 32 heavy (non-hydrogen) atoms. The lowest BCUT2D eigenvalue weighted by Crippen LogP contribution is -2.43. The Morgan fingerprint density at radius 3 is 2.50 bits per heavy atom. The second kappa shape index (κ2) is 9.56. The number of rotatable bonds is 5. The smallest absolute Gasteiger partial charge is 0.253 e. The number of hydrogen-bond donors (Lipinski definition) is 1. The normalized spacial score (nSPS) is 16.2. The minimum atomic E-state index is -0.384. The molecule has 1 aromatic heterocycles. The van der Waals surface area contributed by atoms with Crippen LogP contribution in [-0.2, 0) is 4.79 Å². The lowest BCUT2D eigenvalue weighted by atomic mass is 9.96. The monoisotopic (exact) mass is 452 g/mol. The molecule has 1 fully saturated rings. The molecule has 2 heterocycles. The summed E-state index contributed by atoms with van der Waals surface area (Å²) in [6, 6.07) is 13.7. The highest BCUT2D eigenvalue weighted by atomic mass is 32.1. The number of halogens is 1. The van der Waals surface area contributed by atoms with Gasteiger partial charge < -0.3 is 10.2 Å². The molecule has 2 amide bonds. The third kappa shape index (κ3) is 5.02. The maximum Gasteiger partial charge on any atom is 0.253 e. The van der Waals surface area contributed by atoms with Gasteiger partial charge in [-0.15, -0.1) is 10.2 Å². The van der Waals surface area contributed by atoms with Crippen LogP contribution in [0.3, 0.4) is 0 Å². The average molecular weight is 453 g/mol. The number of piperidine rings is 1. The molecule has 1 saturated heterocycles. The molecule has 2 aromatic carbocycles. The SMILES string of the molecule is CC(C)c1ccc(-c2nnc(NC(=O)C3CCCN(C(=O)c4ccc(F)cc4)C3)s2)cc1. The molecular formula is C24H25FN4O2S. The minimum absolute atomic E-state index is 0.167. The van der Waals surface area contributed by atoms with E-state index in [4.69, 9.17) is 0 Å². The fourth-order valence-electron chi connectivity index (χ4n) is 3.76. The first-order chi connectivity index (χ1) is 15.4. The highest BCUT2D eigenvalue weighted by Gasteiger charge is 2.29. The van der Waals surface area contributed by atoms with Crippen LogP contribution in [0.1, 0.15) is 48.5 Å². The van der Waals surface area contributed by atoms with E-state index < -0.39 is 0 Å². The minimum Gasteiger partial charge on any atom is -0.338 e. The Balaban J connectivity index is 1.38. The first-order valence-electron chi connectivity index (χ1n) is 10.7. The highest BCUT2D eigenvalue weighted by molar-refractivity contribution is 7.18. The fourth-order valence-corrected chi connectivity index (χ4v) is 4.51. The number of carbonyl (C=O) groups is 2. The Morgan fingerprint density at radius 1 is 1.09 bits per heavy atom. The maximum absolute atomic E-state index is 13.1. The van der Waals surface area contributed by atoms with Crippen LogP contribution >= 0.6 is 11.3 Å². The Hall–Kier alpha value is -3.13. The van der Waals surface area contributed by atoms with Gasteiger partial charge in [0.2, 0.25) is 11.0 Å². The number of anilines is 1. The van der Waals surface area contributed by atoms with E-state index in [0.29, 0.717) is 36.1 Å². The molecule has 166 valence electrons. The fraction of sp³-hybridized carbons (Fsp3) is 0.333. The van der Waals surface area contributed by atoms with E-state index >= 15 is 0 Å². The van der Waals surface area contributed by atoms with Crippen molar-refractivity contribution in [1.29, 1.82) is 0 Å². The summed E-state index contributed by atoms with van der Waals surface area (Å²) in [6.07, 6.45) is 1.43. The van der Waals surface area contributed by atoms with Crippen molar-refractivity contribution < 1.29 is 14.0 Å². The molecule has 1 atom stereocenters. The van der Waals surface area contributed by atoms with Crippen molar-refractivity contribution in [2.75, 3.05) is 18.4 Å². The van der Waals surface area contributed by atoms with Gasteiger partial charge in [0.05, 0.1) is 5.92 Å². The lowest BCUT2D eigenvalue weighted by Gasteiger charge is -2.32. The van der Waals surface area contributed by atoms with Crippen molar-refractivity contribution in [3.05, 3.63) is 65.5 Å². The number of nitrogens with zero attached hydrogens (tertiary/aromatic N) is 3. The van der Waals surface area contributed by atoms with Crippen LogP contribution in [0.5, 0.6) is 0 Å². The zero-order valence-electron chi connectivity index (χ0n) is 18.0. The summed E-state index contributed by atoms with van der Waals surface area (Å²) in [5.74, 6) is -0.612. The third-order valence-corrected chi connectivity index (χ3v) is 6.54. The van der Waals surface area contributed by atoms with Crippen molar-refractivity contribution in [1.82, 2.24) is 15.1 Å². The summed E-state index contributed by atoms with van der Waals surface area (Å²) in [5, 5.41) is 12.4. The number of nitrogens with one attached hydrogen (secondary N) is 1. The first-order valence-corrected chi connectivity index (χ1v) is 11.5. The maximum atomic E-state index is 13.1. The number of aromatic nitrogens is 2. The predicted molar refractivity (Wildman–Crippen MR) is 123 cm³/mol. The number of likely N-dealkylation sites (tertiary alicyclic amines) is 1. The molecule has 0 radical (unpaired) electrons. The standard InChI is InChI=1S/C24H25FN4O2S/c1-15(2)16-5-7-17(8-6-16)22-27-28-24(32-22)26-21(30)19-4-3-13-29(14-19)23(31)18-9-11-20(25)12-10-18/h5-12,15,19H,3-4,13-14H2,1-2H3,(H,26,28,30). The van der Waals surface area contributed by atoms with E-state index in [0.717, 1.165) is 17.0 Å². The zero-order chi connectivity index (χ0) is 22.7. The Morgan fingerprint density at radius 2 is 1.81 bits per heavy atom. The molecule has 0 aliphatic carbocycles. The average Bonchev–Trinajstić information content (AvgIpc) is 3.27. The van der Waals surface area contributed by atoms with Gasteiger partial charge in [-0.2, -0.15) is 0 Å². The molecule has 1 aliphatic rings. The molecule has 1 N–H and O–H groups in total. The largest absolute Gasteiger partial charge is 0.338 e. The van der Waals surface area contributed by atoms with E-state index in [1.807, 2.05) is 12.1 Å². The number of benzene rings is 2. The van der Waals surface area contributed by atoms with Crippen molar-refractivity contribution >= 4 is 28.3 Å². The van der Waals surface area contributed by atoms with Crippen LogP contribution in [0.15, 0.2) is 48.5 Å². The molecular weight excluding hydrogens is 427 g/mol. The van der Waals surface area contributed by atoms with Gasteiger partial charge in [-0.05, 0) is 48.6 Å². The van der Waals surface area contributed by atoms with Crippen molar-refractivity contribution in [2.45, 2.75) is 32.6 Å². The van der Waals surface area contributed by atoms with Gasteiger partial charge in [-0.3, -0.25) is 9.59 Å². The molecule has 1 aliphatic heterocycles. The third-order valence-electron chi connectivity index (χ3n) is 5.65. The summed E-state index contributed by atoms with van der Waals surface area (Å²) in [6.45, 7) is 5.19. The topological polar surface area (TPSA) is 75.2 Å². The van der Waals surface area contributed by atoms with E-state index in [1.165, 1.54) is 41.2 Å². The van der Waals surface area contributed by atoms with Gasteiger partial charge in [0.25, 0.3) is 5.91 Å². The van der Waals surface area contributed by atoms with Gasteiger partial charge in [-0.1, -0.05) is 49.4 Å². The second-order valence-corrected chi connectivity index (χ2v) is 9.25. The van der Waals surface area contributed by atoms with E-state index in [2.05, 4.69) is 41.5 Å². The Labute approximate surface area is 190 Å². The number of carbonyl (C=O) groups excluding carboxylic acids is 2. The zero-order valence-corrected chi connectivity index (χ0v) is 18.9. The predicted octanol–water partition coefficient (Wildman–Crippen LogP) is 4.96. The quantitative estimate of drug-likeness (QED) is 0.594. The molecule has 0 spiro atoms. The molecule has 0 bridgehead atoms. The molecule has 6 nitrogen and oxygen atoms in total. The van der Waals surface area contributed by atoms with E-state index in [9.17, 15) is 14.0 Å². The lowest BCUT2D eigenvalue weighted by molar-refractivity contribution is -0.121. The van der Waals surface area contributed by atoms with E-state index in [-0.39, 0.29) is 23.5 Å². The summed E-state index contributed by atoms with van der Waals surface area (Å²) in [7, 11) is 0. The number of amides is 2. The highest BCUT2D eigenvalue weighted by Crippen LogP contribution is 2.28. The molecule has 1 unspecified atom stereocenters. The Bertz CT molecular complexity index is 1100. The van der Waals surface area contributed by atoms with Gasteiger partial charge in [0.15, 0.2) is 0 Å². The van der Waals surface area contributed by atoms with Gasteiger partial charge in [0.1, 0.15) is 10.8 Å². The molecule has 0 saturated carbocycles. The van der Waals surface area contributed by atoms with Crippen LogP contribution in [0.25, 0.3) is 10.6 Å². The van der Waals surface area contributed by atoms with Gasteiger partial charge >= 0.3 is 0 Å². The molecule has 3 aromatic rings. The van der Waals surface area contributed by atoms with Crippen molar-refractivity contribution in [3.8, 4) is 10.6 Å². The van der Waals surface area contributed by atoms with Crippen LogP contribution < -0.4 is 5.32 Å².